The zero-order valence-electron chi connectivity index (χ0n) is 21.7. The van der Waals surface area contributed by atoms with Crippen molar-refractivity contribution in [1.82, 2.24) is 15.5 Å². The van der Waals surface area contributed by atoms with Gasteiger partial charge in [-0.25, -0.2) is 14.0 Å². The Morgan fingerprint density at radius 2 is 1.66 bits per heavy atom. The Bertz CT molecular complexity index is 1190. The number of aliphatic hydroxyl groups is 1. The number of carbonyl (C=O) groups is 2. The number of methoxy groups -OCH3 is 1. The van der Waals surface area contributed by atoms with Crippen molar-refractivity contribution in [2.24, 2.45) is 0 Å². The first kappa shape index (κ1) is 31.8. The van der Waals surface area contributed by atoms with Crippen LogP contribution < -0.4 is 15.4 Å². The number of ether oxygens (including phenoxy) is 2. The maximum absolute atomic E-state index is 13.8. The highest BCUT2D eigenvalue weighted by molar-refractivity contribution is 5.75. The van der Waals surface area contributed by atoms with Crippen LogP contribution in [0.2, 0.25) is 0 Å². The number of amides is 3. The number of rotatable bonds is 8. The Balaban J connectivity index is 1.77. The third-order valence-electron chi connectivity index (χ3n) is 6.36. The van der Waals surface area contributed by atoms with Crippen LogP contribution in [0.4, 0.5) is 40.3 Å². The molecule has 226 valence electrons. The van der Waals surface area contributed by atoms with Crippen molar-refractivity contribution < 1.29 is 54.9 Å². The molecule has 2 aromatic rings. The van der Waals surface area contributed by atoms with Crippen LogP contribution in [0.1, 0.15) is 41.1 Å². The molecular formula is C26H28F7N3O5. The summed E-state index contributed by atoms with van der Waals surface area (Å²) in [5.74, 6) is -0.491. The van der Waals surface area contributed by atoms with Crippen molar-refractivity contribution in [3.8, 4) is 5.75 Å². The van der Waals surface area contributed by atoms with E-state index in [1.165, 1.54) is 18.1 Å². The first-order valence-electron chi connectivity index (χ1n) is 12.4. The van der Waals surface area contributed by atoms with E-state index in [0.717, 1.165) is 12.1 Å². The molecule has 3 N–H and O–H groups in total. The van der Waals surface area contributed by atoms with Gasteiger partial charge >= 0.3 is 24.5 Å². The smallest absolute Gasteiger partial charge is 0.416 e. The van der Waals surface area contributed by atoms with E-state index in [1.54, 1.807) is 0 Å². The molecule has 8 nitrogen and oxygen atoms in total. The lowest BCUT2D eigenvalue weighted by Gasteiger charge is -2.39. The highest BCUT2D eigenvalue weighted by atomic mass is 19.4. The molecule has 3 amide bonds. The lowest BCUT2D eigenvalue weighted by Crippen LogP contribution is -2.49. The van der Waals surface area contributed by atoms with Crippen molar-refractivity contribution >= 4 is 12.1 Å². The molecule has 41 heavy (non-hydrogen) atoms. The molecule has 0 radical (unpaired) electrons. The predicted octanol–water partition coefficient (Wildman–Crippen LogP) is 5.05. The van der Waals surface area contributed by atoms with E-state index in [-0.39, 0.29) is 62.9 Å². The number of nitrogens with zero attached hydrogens (tertiary/aromatic N) is 1. The van der Waals surface area contributed by atoms with Gasteiger partial charge in [-0.2, -0.15) is 26.3 Å². The average molecular weight is 596 g/mol. The van der Waals surface area contributed by atoms with Gasteiger partial charge in [0.15, 0.2) is 0 Å². The van der Waals surface area contributed by atoms with Crippen LogP contribution in [0.5, 0.6) is 5.75 Å². The van der Waals surface area contributed by atoms with Crippen molar-refractivity contribution in [2.75, 3.05) is 33.4 Å². The number of carbonyl (C=O) groups excluding carboxylic acids is 2. The Hall–Kier alpha value is -3.75. The Kier molecular flexibility index (Phi) is 10.3. The summed E-state index contributed by atoms with van der Waals surface area (Å²) in [4.78, 5) is 26.5. The average Bonchev–Trinajstić information content (AvgIpc) is 2.90. The molecule has 2 unspecified atom stereocenters. The summed E-state index contributed by atoms with van der Waals surface area (Å²) < 4.78 is 103. The summed E-state index contributed by atoms with van der Waals surface area (Å²) in [7, 11) is 1.30. The quantitative estimate of drug-likeness (QED) is 0.371. The first-order chi connectivity index (χ1) is 19.2. The number of piperidine rings is 1. The van der Waals surface area contributed by atoms with Crippen molar-refractivity contribution in [2.45, 2.75) is 43.8 Å². The number of nitrogens with one attached hydrogen (secondary N) is 2. The molecule has 1 aliphatic rings. The topological polar surface area (TPSA) is 100 Å². The Labute approximate surface area is 230 Å². The van der Waals surface area contributed by atoms with Crippen molar-refractivity contribution in [3.63, 3.8) is 0 Å². The van der Waals surface area contributed by atoms with E-state index in [2.05, 4.69) is 10.6 Å². The summed E-state index contributed by atoms with van der Waals surface area (Å²) in [5.41, 5.74) is -2.80. The molecular weight excluding hydrogens is 567 g/mol. The number of benzene rings is 2. The highest BCUT2D eigenvalue weighted by Gasteiger charge is 2.38. The van der Waals surface area contributed by atoms with Gasteiger partial charge in [-0.15, -0.1) is 0 Å². The fraction of sp³-hybridized carbons (Fsp3) is 0.462. The van der Waals surface area contributed by atoms with Gasteiger partial charge < -0.3 is 30.1 Å². The number of hydrogen-bond donors (Lipinski definition) is 3. The second kappa shape index (κ2) is 13.3. The van der Waals surface area contributed by atoms with E-state index in [0.29, 0.717) is 17.7 Å². The third kappa shape index (κ3) is 8.62. The molecule has 0 bridgehead atoms. The summed E-state index contributed by atoms with van der Waals surface area (Å²) in [5, 5.41) is 13.7. The van der Waals surface area contributed by atoms with Crippen LogP contribution in [-0.4, -0.2) is 61.6 Å². The van der Waals surface area contributed by atoms with Gasteiger partial charge in [0.25, 0.3) is 0 Å². The molecule has 1 saturated heterocycles. The summed E-state index contributed by atoms with van der Waals surface area (Å²) in [6.07, 6.45) is -11.5. The highest BCUT2D eigenvalue weighted by Crippen LogP contribution is 2.38. The monoisotopic (exact) mass is 595 g/mol. The summed E-state index contributed by atoms with van der Waals surface area (Å²) in [6, 6.07) is 3.39. The lowest BCUT2D eigenvalue weighted by atomic mass is 9.92. The van der Waals surface area contributed by atoms with Crippen LogP contribution in [0, 0.1) is 5.82 Å². The number of alkyl carbamates (subject to hydrolysis) is 1. The number of hydrogen-bond acceptors (Lipinski definition) is 5. The minimum atomic E-state index is -5.00. The minimum absolute atomic E-state index is 0.0268. The number of aliphatic hydroxyl groups excluding tert-OH is 1. The van der Waals surface area contributed by atoms with Crippen LogP contribution in [0.3, 0.4) is 0 Å². The Morgan fingerprint density at radius 1 is 1.00 bits per heavy atom. The molecule has 1 aliphatic heterocycles. The summed E-state index contributed by atoms with van der Waals surface area (Å²) >= 11 is 0. The molecule has 3 rings (SSSR count). The molecule has 1 heterocycles. The fourth-order valence-electron chi connectivity index (χ4n) is 4.47. The molecule has 0 saturated carbocycles. The van der Waals surface area contributed by atoms with E-state index >= 15 is 0 Å². The number of likely N-dealkylation sites (tertiary alicyclic amines) is 1. The van der Waals surface area contributed by atoms with Gasteiger partial charge in [0.1, 0.15) is 17.7 Å². The minimum Gasteiger partial charge on any atom is -0.496 e. The largest absolute Gasteiger partial charge is 0.496 e. The second-order valence-electron chi connectivity index (χ2n) is 9.19. The zero-order chi connectivity index (χ0) is 30.4. The van der Waals surface area contributed by atoms with Gasteiger partial charge in [0, 0.05) is 44.1 Å². The maximum Gasteiger partial charge on any atom is 0.416 e. The molecule has 0 spiro atoms. The van der Waals surface area contributed by atoms with E-state index in [1.807, 2.05) is 0 Å². The zero-order valence-corrected chi connectivity index (χ0v) is 21.7. The van der Waals surface area contributed by atoms with Gasteiger partial charge in [-0.3, -0.25) is 0 Å². The van der Waals surface area contributed by atoms with Crippen molar-refractivity contribution in [3.05, 3.63) is 64.5 Å². The van der Waals surface area contributed by atoms with Crippen LogP contribution in [-0.2, 0) is 23.5 Å². The molecule has 15 heteroatoms. The van der Waals surface area contributed by atoms with Gasteiger partial charge in [-0.1, -0.05) is 6.07 Å². The van der Waals surface area contributed by atoms with Crippen LogP contribution in [0.15, 0.2) is 36.4 Å². The third-order valence-corrected chi connectivity index (χ3v) is 6.36. The fourth-order valence-corrected chi connectivity index (χ4v) is 4.47. The lowest BCUT2D eigenvalue weighted by molar-refractivity contribution is -0.143. The van der Waals surface area contributed by atoms with Crippen LogP contribution in [0.25, 0.3) is 0 Å². The molecule has 2 atom stereocenters. The first-order valence-corrected chi connectivity index (χ1v) is 12.4. The van der Waals surface area contributed by atoms with Crippen molar-refractivity contribution in [1.29, 1.82) is 0 Å². The molecule has 0 aromatic heterocycles. The predicted molar refractivity (Wildman–Crippen MR) is 131 cm³/mol. The number of urea groups is 1. The second-order valence-corrected chi connectivity index (χ2v) is 9.19. The molecule has 0 aliphatic carbocycles. The molecule has 1 fully saturated rings. The van der Waals surface area contributed by atoms with E-state index in [4.69, 9.17) is 14.6 Å². The van der Waals surface area contributed by atoms with E-state index in [9.17, 15) is 40.3 Å². The van der Waals surface area contributed by atoms with Gasteiger partial charge in [0.2, 0.25) is 0 Å². The SMILES string of the molecule is COc1cc(F)ccc1C1CC(OC(=O)NCCO)CCN1C(=O)NCCc1cc(C(F)(F)F)cc(C(F)(F)F)c1. The molecule has 2 aromatic carbocycles. The van der Waals surface area contributed by atoms with E-state index < -0.39 is 53.6 Å². The van der Waals surface area contributed by atoms with Gasteiger partial charge in [0.05, 0.1) is 30.9 Å². The summed E-state index contributed by atoms with van der Waals surface area (Å²) in [6.45, 7) is -0.589. The van der Waals surface area contributed by atoms with Crippen LogP contribution >= 0.6 is 0 Å². The number of alkyl halides is 6. The normalized spacial score (nSPS) is 17.6. The maximum atomic E-state index is 13.8. The Morgan fingerprint density at radius 3 is 2.24 bits per heavy atom. The number of halogens is 7. The van der Waals surface area contributed by atoms with Gasteiger partial charge in [-0.05, 0) is 36.2 Å². The standard InChI is InChI=1S/C26H28F7N3O5/c1-40-22-13-18(27)2-3-20(22)21-14-19(41-24(39)35-7-9-37)5-8-36(21)23(38)34-6-4-15-10-16(25(28,29)30)12-17(11-15)26(31,32)33/h2-3,10-13,19,21,37H,4-9,14H2,1H3,(H,34,38)(H,35,39).